The second-order valence-electron chi connectivity index (χ2n) is 5.35. The molecule has 3 N–H and O–H groups in total. The largest absolute Gasteiger partial charge is 0.378 e. The van der Waals surface area contributed by atoms with Crippen LogP contribution in [0.25, 0.3) is 0 Å². The molecule has 1 aromatic carbocycles. The molecule has 1 fully saturated rings. The number of hydrogen-bond acceptors (Lipinski definition) is 3. The van der Waals surface area contributed by atoms with E-state index in [1.807, 2.05) is 30.3 Å². The maximum Gasteiger partial charge on any atom is 0.221 e. The molecule has 21 heavy (non-hydrogen) atoms. The van der Waals surface area contributed by atoms with Gasteiger partial charge in [-0.3, -0.25) is 4.79 Å². The van der Waals surface area contributed by atoms with Gasteiger partial charge in [0.15, 0.2) is 0 Å². The molecule has 1 saturated heterocycles. The minimum atomic E-state index is -0.234. The van der Waals surface area contributed by atoms with Gasteiger partial charge in [-0.15, -0.1) is 12.4 Å². The Morgan fingerprint density at radius 1 is 1.33 bits per heavy atom. The van der Waals surface area contributed by atoms with Crippen molar-refractivity contribution in [2.24, 2.45) is 5.73 Å². The SMILES string of the molecule is Cl.NC(CC(=O)NCCC1CCCCO1)c1ccccc1. The Balaban J connectivity index is 0.00000220. The van der Waals surface area contributed by atoms with Gasteiger partial charge in [-0.2, -0.15) is 0 Å². The van der Waals surface area contributed by atoms with E-state index in [0.717, 1.165) is 31.4 Å². The summed E-state index contributed by atoms with van der Waals surface area (Å²) < 4.78 is 5.63. The van der Waals surface area contributed by atoms with E-state index in [9.17, 15) is 4.79 Å². The monoisotopic (exact) mass is 312 g/mol. The third-order valence-electron chi connectivity index (χ3n) is 3.70. The summed E-state index contributed by atoms with van der Waals surface area (Å²) in [4.78, 5) is 11.8. The van der Waals surface area contributed by atoms with Crippen molar-refractivity contribution in [1.29, 1.82) is 0 Å². The van der Waals surface area contributed by atoms with Crippen molar-refractivity contribution in [3.05, 3.63) is 35.9 Å². The number of nitrogens with two attached hydrogens (primary N) is 1. The Morgan fingerprint density at radius 2 is 2.10 bits per heavy atom. The lowest BCUT2D eigenvalue weighted by Gasteiger charge is -2.22. The first-order valence-corrected chi connectivity index (χ1v) is 7.44. The lowest BCUT2D eigenvalue weighted by molar-refractivity contribution is -0.121. The molecule has 1 amide bonds. The van der Waals surface area contributed by atoms with Crippen molar-refractivity contribution >= 4 is 18.3 Å². The lowest BCUT2D eigenvalue weighted by Crippen LogP contribution is -2.31. The van der Waals surface area contributed by atoms with E-state index in [0.29, 0.717) is 19.1 Å². The minimum absolute atomic E-state index is 0. The molecule has 1 heterocycles. The average molecular weight is 313 g/mol. The molecule has 2 rings (SSSR count). The average Bonchev–Trinajstić information content (AvgIpc) is 2.49. The first-order chi connectivity index (χ1) is 9.75. The van der Waals surface area contributed by atoms with Crippen molar-refractivity contribution < 1.29 is 9.53 Å². The maximum absolute atomic E-state index is 11.8. The zero-order chi connectivity index (χ0) is 14.2. The van der Waals surface area contributed by atoms with E-state index < -0.39 is 0 Å². The van der Waals surface area contributed by atoms with Crippen molar-refractivity contribution in [3.8, 4) is 0 Å². The minimum Gasteiger partial charge on any atom is -0.378 e. The molecule has 5 heteroatoms. The number of benzene rings is 1. The quantitative estimate of drug-likeness (QED) is 0.848. The van der Waals surface area contributed by atoms with Gasteiger partial charge in [-0.1, -0.05) is 30.3 Å². The van der Waals surface area contributed by atoms with Gasteiger partial charge in [-0.05, 0) is 31.2 Å². The first kappa shape index (κ1) is 18.0. The van der Waals surface area contributed by atoms with E-state index in [4.69, 9.17) is 10.5 Å². The Hall–Kier alpha value is -1.10. The van der Waals surface area contributed by atoms with E-state index in [-0.39, 0.29) is 24.4 Å². The molecule has 0 aromatic heterocycles. The molecule has 1 aliphatic heterocycles. The van der Waals surface area contributed by atoms with Crippen LogP contribution in [0.15, 0.2) is 30.3 Å². The summed E-state index contributed by atoms with van der Waals surface area (Å²) in [6.45, 7) is 1.53. The Bertz CT molecular complexity index is 408. The van der Waals surface area contributed by atoms with Gasteiger partial charge in [0.25, 0.3) is 0 Å². The molecule has 0 spiro atoms. The normalized spacial score (nSPS) is 19.4. The van der Waals surface area contributed by atoms with E-state index in [1.165, 1.54) is 6.42 Å². The molecule has 4 nitrogen and oxygen atoms in total. The fourth-order valence-electron chi connectivity index (χ4n) is 2.50. The van der Waals surface area contributed by atoms with Crippen molar-refractivity contribution in [2.45, 2.75) is 44.2 Å². The molecule has 2 unspecified atom stereocenters. The van der Waals surface area contributed by atoms with Crippen LogP contribution < -0.4 is 11.1 Å². The molecular formula is C16H25ClN2O2. The highest BCUT2D eigenvalue weighted by molar-refractivity contribution is 5.85. The van der Waals surface area contributed by atoms with Crippen LogP contribution in [0, 0.1) is 0 Å². The third-order valence-corrected chi connectivity index (χ3v) is 3.70. The second-order valence-corrected chi connectivity index (χ2v) is 5.35. The van der Waals surface area contributed by atoms with Crippen LogP contribution in [0.5, 0.6) is 0 Å². The summed E-state index contributed by atoms with van der Waals surface area (Å²) >= 11 is 0. The van der Waals surface area contributed by atoms with Gasteiger partial charge >= 0.3 is 0 Å². The van der Waals surface area contributed by atoms with E-state index in [2.05, 4.69) is 5.32 Å². The Morgan fingerprint density at radius 3 is 2.76 bits per heavy atom. The third kappa shape index (κ3) is 6.46. The summed E-state index contributed by atoms with van der Waals surface area (Å²) in [5.74, 6) is 0.0113. The van der Waals surface area contributed by atoms with Crippen molar-refractivity contribution in [1.82, 2.24) is 5.32 Å². The van der Waals surface area contributed by atoms with Crippen LogP contribution in [-0.4, -0.2) is 25.2 Å². The second kappa shape index (κ2) is 9.77. The highest BCUT2D eigenvalue weighted by Gasteiger charge is 2.15. The van der Waals surface area contributed by atoms with E-state index >= 15 is 0 Å². The predicted octanol–water partition coefficient (Wildman–Crippen LogP) is 2.57. The number of hydrogen-bond donors (Lipinski definition) is 2. The number of carbonyl (C=O) groups is 1. The van der Waals surface area contributed by atoms with Crippen molar-refractivity contribution in [3.63, 3.8) is 0 Å². The molecule has 0 saturated carbocycles. The Kier molecular flexibility index (Phi) is 8.35. The number of rotatable bonds is 6. The van der Waals surface area contributed by atoms with Gasteiger partial charge in [0.05, 0.1) is 6.10 Å². The summed E-state index contributed by atoms with van der Waals surface area (Å²) in [7, 11) is 0. The van der Waals surface area contributed by atoms with Gasteiger partial charge < -0.3 is 15.8 Å². The van der Waals surface area contributed by atoms with Crippen LogP contribution in [-0.2, 0) is 9.53 Å². The van der Waals surface area contributed by atoms with Crippen LogP contribution in [0.4, 0.5) is 0 Å². The van der Waals surface area contributed by atoms with Crippen LogP contribution in [0.2, 0.25) is 0 Å². The highest BCUT2D eigenvalue weighted by Crippen LogP contribution is 2.15. The summed E-state index contributed by atoms with van der Waals surface area (Å²) in [5, 5.41) is 2.93. The van der Waals surface area contributed by atoms with Crippen molar-refractivity contribution in [2.75, 3.05) is 13.2 Å². The molecule has 0 radical (unpaired) electrons. The highest BCUT2D eigenvalue weighted by atomic mass is 35.5. The van der Waals surface area contributed by atoms with Gasteiger partial charge in [0, 0.05) is 25.6 Å². The predicted molar refractivity (Wildman–Crippen MR) is 86.5 cm³/mol. The van der Waals surface area contributed by atoms with Gasteiger partial charge in [-0.25, -0.2) is 0 Å². The van der Waals surface area contributed by atoms with Crippen LogP contribution in [0.1, 0.15) is 43.7 Å². The molecule has 1 aromatic rings. The number of carbonyl (C=O) groups excluding carboxylic acids is 1. The molecule has 0 aliphatic carbocycles. The lowest BCUT2D eigenvalue weighted by atomic mass is 10.0. The fraction of sp³-hybridized carbons (Fsp3) is 0.562. The topological polar surface area (TPSA) is 64.4 Å². The smallest absolute Gasteiger partial charge is 0.221 e. The van der Waals surface area contributed by atoms with Gasteiger partial charge in [0.2, 0.25) is 5.91 Å². The molecule has 0 bridgehead atoms. The molecular weight excluding hydrogens is 288 g/mol. The fourth-order valence-corrected chi connectivity index (χ4v) is 2.50. The number of halogens is 1. The zero-order valence-corrected chi connectivity index (χ0v) is 13.1. The zero-order valence-electron chi connectivity index (χ0n) is 12.3. The summed E-state index contributed by atoms with van der Waals surface area (Å²) in [5.41, 5.74) is 7.02. The first-order valence-electron chi connectivity index (χ1n) is 7.44. The number of nitrogens with one attached hydrogen (secondary N) is 1. The number of amides is 1. The molecule has 1 aliphatic rings. The standard InChI is InChI=1S/C16H24N2O2.ClH/c17-15(13-6-2-1-3-7-13)12-16(19)18-10-9-14-8-4-5-11-20-14;/h1-3,6-7,14-15H,4-5,8-12,17H2,(H,18,19);1H. The molecule has 2 atom stereocenters. The number of ether oxygens (including phenoxy) is 1. The van der Waals surface area contributed by atoms with Crippen LogP contribution >= 0.6 is 12.4 Å². The van der Waals surface area contributed by atoms with Crippen LogP contribution in [0.3, 0.4) is 0 Å². The molecule has 118 valence electrons. The Labute approximate surface area is 132 Å². The summed E-state index contributed by atoms with van der Waals surface area (Å²) in [6, 6.07) is 9.49. The maximum atomic E-state index is 11.8. The van der Waals surface area contributed by atoms with E-state index in [1.54, 1.807) is 0 Å². The summed E-state index contributed by atoms with van der Waals surface area (Å²) in [6.07, 6.45) is 5.04. The van der Waals surface area contributed by atoms with Gasteiger partial charge in [0.1, 0.15) is 0 Å².